The Kier molecular flexibility index (Phi) is 3.09. The number of nitrogens with zero attached hydrogens (tertiary/aromatic N) is 3. The number of aryl methyl sites for hydroxylation is 2. The summed E-state index contributed by atoms with van der Waals surface area (Å²) in [5.74, 6) is 0. The molecule has 2 aromatic rings. The van der Waals surface area contributed by atoms with Crippen molar-refractivity contribution >= 4 is 15.7 Å². The third-order valence-corrected chi connectivity index (χ3v) is 3.80. The zero-order valence-electron chi connectivity index (χ0n) is 10.0. The Morgan fingerprint density at radius 2 is 2.28 bits per heavy atom. The number of nitrogens with one attached hydrogen (secondary N) is 2. The smallest absolute Gasteiger partial charge is 0.279 e. The standard InChI is InChI=1S/C9H14N6O2S/c1-6-8(5-15(2)13-6)14-18(16,17)9-7(3-10)4-11-12-9/h4-5,14H,3,10H2,1-2H3,(H,11,12). The van der Waals surface area contributed by atoms with E-state index in [4.69, 9.17) is 5.73 Å². The maximum Gasteiger partial charge on any atom is 0.279 e. The molecule has 0 aliphatic carbocycles. The summed E-state index contributed by atoms with van der Waals surface area (Å²) in [6, 6.07) is 0. The molecule has 0 aromatic carbocycles. The van der Waals surface area contributed by atoms with Crippen molar-refractivity contribution in [3.63, 3.8) is 0 Å². The molecule has 2 aromatic heterocycles. The molecule has 8 nitrogen and oxygen atoms in total. The SMILES string of the molecule is Cc1nn(C)cc1NS(=O)(=O)c1[nH]ncc1CN. The first-order valence-corrected chi connectivity index (χ1v) is 6.67. The highest BCUT2D eigenvalue weighted by Crippen LogP contribution is 2.19. The molecule has 0 spiro atoms. The van der Waals surface area contributed by atoms with Gasteiger partial charge in [0.2, 0.25) is 0 Å². The van der Waals surface area contributed by atoms with Crippen molar-refractivity contribution in [3.8, 4) is 0 Å². The molecule has 0 aliphatic heterocycles. The molecule has 0 saturated carbocycles. The van der Waals surface area contributed by atoms with Crippen molar-refractivity contribution in [1.82, 2.24) is 20.0 Å². The van der Waals surface area contributed by atoms with Gasteiger partial charge in [0.1, 0.15) is 0 Å². The second kappa shape index (κ2) is 4.42. The number of hydrogen-bond acceptors (Lipinski definition) is 5. The van der Waals surface area contributed by atoms with E-state index in [0.29, 0.717) is 16.9 Å². The lowest BCUT2D eigenvalue weighted by Crippen LogP contribution is -2.16. The minimum Gasteiger partial charge on any atom is -0.326 e. The van der Waals surface area contributed by atoms with Gasteiger partial charge in [-0.15, -0.1) is 0 Å². The molecular formula is C9H14N6O2S. The molecule has 9 heteroatoms. The van der Waals surface area contributed by atoms with Crippen LogP contribution in [-0.2, 0) is 23.6 Å². The Morgan fingerprint density at radius 1 is 1.56 bits per heavy atom. The van der Waals surface area contributed by atoms with E-state index in [1.807, 2.05) is 0 Å². The van der Waals surface area contributed by atoms with Crippen LogP contribution >= 0.6 is 0 Å². The zero-order valence-corrected chi connectivity index (χ0v) is 10.8. The van der Waals surface area contributed by atoms with Gasteiger partial charge in [-0.3, -0.25) is 14.5 Å². The van der Waals surface area contributed by atoms with Crippen LogP contribution in [0.4, 0.5) is 5.69 Å². The highest BCUT2D eigenvalue weighted by atomic mass is 32.2. The minimum atomic E-state index is -3.72. The molecule has 0 atom stereocenters. The van der Waals surface area contributed by atoms with E-state index < -0.39 is 10.0 Å². The lowest BCUT2D eigenvalue weighted by molar-refractivity contribution is 0.595. The first kappa shape index (κ1) is 12.6. The maximum atomic E-state index is 12.1. The highest BCUT2D eigenvalue weighted by Gasteiger charge is 2.21. The molecular weight excluding hydrogens is 256 g/mol. The molecule has 0 fully saturated rings. The number of aromatic nitrogens is 4. The lowest BCUT2D eigenvalue weighted by Gasteiger charge is -2.06. The van der Waals surface area contributed by atoms with Crippen LogP contribution in [-0.4, -0.2) is 28.4 Å². The van der Waals surface area contributed by atoms with Crippen LogP contribution in [0.3, 0.4) is 0 Å². The van der Waals surface area contributed by atoms with Gasteiger partial charge in [-0.05, 0) is 6.92 Å². The van der Waals surface area contributed by atoms with Gasteiger partial charge in [0.15, 0.2) is 5.03 Å². The predicted octanol–water partition coefficient (Wildman–Crippen LogP) is -0.289. The zero-order chi connectivity index (χ0) is 13.3. The maximum absolute atomic E-state index is 12.1. The molecule has 98 valence electrons. The lowest BCUT2D eigenvalue weighted by atomic mass is 10.4. The number of sulfonamides is 1. The quantitative estimate of drug-likeness (QED) is 0.705. The predicted molar refractivity (Wildman–Crippen MR) is 65.2 cm³/mol. The van der Waals surface area contributed by atoms with Crippen LogP contribution < -0.4 is 10.5 Å². The van der Waals surface area contributed by atoms with E-state index in [-0.39, 0.29) is 11.6 Å². The Labute approximate surface area is 104 Å². The van der Waals surface area contributed by atoms with E-state index in [1.165, 1.54) is 10.9 Å². The fraction of sp³-hybridized carbons (Fsp3) is 0.333. The fourth-order valence-corrected chi connectivity index (χ4v) is 2.82. The first-order chi connectivity index (χ1) is 8.44. The van der Waals surface area contributed by atoms with Gasteiger partial charge in [0.25, 0.3) is 10.0 Å². The van der Waals surface area contributed by atoms with Gasteiger partial charge in [-0.1, -0.05) is 0 Å². The molecule has 0 radical (unpaired) electrons. The van der Waals surface area contributed by atoms with Gasteiger partial charge in [-0.2, -0.15) is 18.6 Å². The van der Waals surface area contributed by atoms with Crippen molar-refractivity contribution in [1.29, 1.82) is 0 Å². The normalized spacial score (nSPS) is 11.7. The molecule has 0 saturated heterocycles. The Hall–Kier alpha value is -1.87. The van der Waals surface area contributed by atoms with Gasteiger partial charge < -0.3 is 5.73 Å². The van der Waals surface area contributed by atoms with Crippen LogP contribution in [0.2, 0.25) is 0 Å². The summed E-state index contributed by atoms with van der Waals surface area (Å²) in [6.07, 6.45) is 2.98. The van der Waals surface area contributed by atoms with E-state index >= 15 is 0 Å². The van der Waals surface area contributed by atoms with Crippen molar-refractivity contribution in [2.24, 2.45) is 12.8 Å². The number of aromatic amines is 1. The topological polar surface area (TPSA) is 119 Å². The van der Waals surface area contributed by atoms with E-state index in [2.05, 4.69) is 20.0 Å². The van der Waals surface area contributed by atoms with E-state index in [9.17, 15) is 8.42 Å². The first-order valence-electron chi connectivity index (χ1n) is 5.19. The summed E-state index contributed by atoms with van der Waals surface area (Å²) in [7, 11) is -2.01. The molecule has 2 heterocycles. The summed E-state index contributed by atoms with van der Waals surface area (Å²) >= 11 is 0. The van der Waals surface area contributed by atoms with Crippen LogP contribution in [0.15, 0.2) is 17.4 Å². The summed E-state index contributed by atoms with van der Waals surface area (Å²) in [4.78, 5) is 0. The molecule has 0 bridgehead atoms. The van der Waals surface area contributed by atoms with Gasteiger partial charge in [0.05, 0.1) is 17.6 Å². The Bertz CT molecular complexity index is 656. The number of nitrogens with two attached hydrogens (primary N) is 1. The molecule has 4 N–H and O–H groups in total. The second-order valence-corrected chi connectivity index (χ2v) is 5.46. The van der Waals surface area contributed by atoms with Crippen LogP contribution in [0.5, 0.6) is 0 Å². The average Bonchev–Trinajstić information content (AvgIpc) is 2.85. The third kappa shape index (κ3) is 2.22. The molecule has 0 amide bonds. The summed E-state index contributed by atoms with van der Waals surface area (Å²) in [5, 5.41) is 10.2. The number of rotatable bonds is 4. The summed E-state index contributed by atoms with van der Waals surface area (Å²) in [6.45, 7) is 1.81. The third-order valence-electron chi connectivity index (χ3n) is 2.42. The molecule has 0 unspecified atom stereocenters. The minimum absolute atomic E-state index is 0.0201. The van der Waals surface area contributed by atoms with Crippen LogP contribution in [0.1, 0.15) is 11.3 Å². The second-order valence-electron chi connectivity index (χ2n) is 3.84. The molecule has 2 rings (SSSR count). The monoisotopic (exact) mass is 270 g/mol. The van der Waals surface area contributed by atoms with E-state index in [0.717, 1.165) is 0 Å². The summed E-state index contributed by atoms with van der Waals surface area (Å²) in [5.41, 5.74) is 6.90. The van der Waals surface area contributed by atoms with Crippen molar-refractivity contribution < 1.29 is 8.42 Å². The largest absolute Gasteiger partial charge is 0.326 e. The van der Waals surface area contributed by atoms with E-state index in [1.54, 1.807) is 20.2 Å². The average molecular weight is 270 g/mol. The van der Waals surface area contributed by atoms with Crippen molar-refractivity contribution in [2.75, 3.05) is 4.72 Å². The fourth-order valence-electron chi connectivity index (χ4n) is 1.57. The van der Waals surface area contributed by atoms with Gasteiger partial charge in [0, 0.05) is 25.4 Å². The number of H-pyrrole nitrogens is 1. The number of hydrogen-bond donors (Lipinski definition) is 3. The van der Waals surface area contributed by atoms with Gasteiger partial charge in [-0.25, -0.2) is 0 Å². The van der Waals surface area contributed by atoms with Gasteiger partial charge >= 0.3 is 0 Å². The van der Waals surface area contributed by atoms with Crippen LogP contribution in [0.25, 0.3) is 0 Å². The molecule has 18 heavy (non-hydrogen) atoms. The molecule has 0 aliphatic rings. The Morgan fingerprint density at radius 3 is 2.83 bits per heavy atom. The highest BCUT2D eigenvalue weighted by molar-refractivity contribution is 7.92. The Balaban J connectivity index is 2.36. The summed E-state index contributed by atoms with van der Waals surface area (Å²) < 4.78 is 28.2. The number of anilines is 1. The van der Waals surface area contributed by atoms with Crippen molar-refractivity contribution in [3.05, 3.63) is 23.7 Å². The van der Waals surface area contributed by atoms with Crippen LogP contribution in [0, 0.1) is 6.92 Å². The van der Waals surface area contributed by atoms with Crippen molar-refractivity contribution in [2.45, 2.75) is 18.5 Å².